The van der Waals surface area contributed by atoms with Gasteiger partial charge in [-0.2, -0.15) is 23.1 Å². The number of fused-ring (bicyclic) bond motifs is 1. The first kappa shape index (κ1) is 16.7. The second-order valence-corrected chi connectivity index (χ2v) is 6.14. The van der Waals surface area contributed by atoms with E-state index in [1.807, 2.05) is 19.9 Å². The number of pyridine rings is 1. The van der Waals surface area contributed by atoms with Crippen molar-refractivity contribution in [2.45, 2.75) is 20.0 Å². The lowest BCUT2D eigenvalue weighted by Gasteiger charge is -2.40. The Hall–Kier alpha value is -2.16. The van der Waals surface area contributed by atoms with E-state index >= 15 is 0 Å². The van der Waals surface area contributed by atoms with Gasteiger partial charge in [0.2, 0.25) is 5.95 Å². The molecule has 1 saturated heterocycles. The van der Waals surface area contributed by atoms with Crippen LogP contribution in [0.1, 0.15) is 11.3 Å². The molecule has 0 spiro atoms. The highest BCUT2D eigenvalue weighted by Gasteiger charge is 2.46. The first-order valence-electron chi connectivity index (χ1n) is 7.68. The molecule has 0 bridgehead atoms. The van der Waals surface area contributed by atoms with Gasteiger partial charge in [-0.15, -0.1) is 0 Å². The lowest BCUT2D eigenvalue weighted by Crippen LogP contribution is -2.54. The average Bonchev–Trinajstić information content (AvgIpc) is 2.38. The number of nitrogens with one attached hydrogen (secondary N) is 1. The van der Waals surface area contributed by atoms with Gasteiger partial charge in [-0.25, -0.2) is 4.98 Å². The third kappa shape index (κ3) is 3.35. The van der Waals surface area contributed by atoms with Crippen LogP contribution in [0.15, 0.2) is 6.07 Å². The number of hydrogen-bond acceptors (Lipinski definition) is 6. The van der Waals surface area contributed by atoms with E-state index in [0.29, 0.717) is 30.5 Å². The molecule has 3 N–H and O–H groups in total. The highest BCUT2D eigenvalue weighted by Crippen LogP contribution is 2.33. The molecule has 0 atom stereocenters. The van der Waals surface area contributed by atoms with Crippen LogP contribution in [0, 0.1) is 19.8 Å². The number of anilines is 2. The minimum atomic E-state index is -4.10. The Balaban J connectivity index is 1.61. The third-order valence-electron chi connectivity index (χ3n) is 4.15. The lowest BCUT2D eigenvalue weighted by atomic mass is 10.00. The van der Waals surface area contributed by atoms with E-state index in [2.05, 4.69) is 20.3 Å². The standard InChI is InChI=1S/C15H19F3N6/c1-8-5-9(2)21-13-11(8)12(19)22-14(23-13)20-3-4-24-6-10(7-24)15(16,17)18/h5,10H,3-4,6-7H2,1-2H3,(H3,19,20,21,22,23). The number of hydrogen-bond donors (Lipinski definition) is 2. The van der Waals surface area contributed by atoms with Crippen molar-refractivity contribution in [1.29, 1.82) is 0 Å². The summed E-state index contributed by atoms with van der Waals surface area (Å²) < 4.78 is 37.3. The predicted octanol–water partition coefficient (Wildman–Crippen LogP) is 2.13. The fraction of sp³-hybridized carbons (Fsp3) is 0.533. The van der Waals surface area contributed by atoms with Crippen molar-refractivity contribution in [1.82, 2.24) is 19.9 Å². The van der Waals surface area contributed by atoms with Gasteiger partial charge in [-0.05, 0) is 25.5 Å². The quantitative estimate of drug-likeness (QED) is 0.888. The molecular weight excluding hydrogens is 321 g/mol. The van der Waals surface area contributed by atoms with Crippen molar-refractivity contribution in [3.05, 3.63) is 17.3 Å². The maximum absolute atomic E-state index is 12.4. The zero-order valence-electron chi connectivity index (χ0n) is 13.5. The van der Waals surface area contributed by atoms with Crippen molar-refractivity contribution in [3.8, 4) is 0 Å². The fourth-order valence-corrected chi connectivity index (χ4v) is 2.87. The second kappa shape index (κ2) is 6.04. The normalized spacial score (nSPS) is 16.4. The van der Waals surface area contributed by atoms with E-state index in [-0.39, 0.29) is 13.1 Å². The summed E-state index contributed by atoms with van der Waals surface area (Å²) in [6, 6.07) is 1.91. The molecule has 2 aromatic rings. The summed E-state index contributed by atoms with van der Waals surface area (Å²) in [5, 5.41) is 3.73. The van der Waals surface area contributed by atoms with Crippen molar-refractivity contribution < 1.29 is 13.2 Å². The topological polar surface area (TPSA) is 80.0 Å². The molecule has 9 heteroatoms. The summed E-state index contributed by atoms with van der Waals surface area (Å²) in [4.78, 5) is 14.6. The molecule has 2 aromatic heterocycles. The molecule has 0 amide bonds. The van der Waals surface area contributed by atoms with E-state index in [1.165, 1.54) is 0 Å². The molecule has 0 aliphatic carbocycles. The summed E-state index contributed by atoms with van der Waals surface area (Å²) in [6.07, 6.45) is -4.10. The van der Waals surface area contributed by atoms with E-state index in [9.17, 15) is 13.2 Å². The molecule has 0 unspecified atom stereocenters. The molecule has 0 aromatic carbocycles. The van der Waals surface area contributed by atoms with Crippen LogP contribution in [0.3, 0.4) is 0 Å². The molecule has 3 heterocycles. The average molecular weight is 340 g/mol. The molecule has 24 heavy (non-hydrogen) atoms. The maximum Gasteiger partial charge on any atom is 0.394 e. The van der Waals surface area contributed by atoms with Gasteiger partial charge < -0.3 is 16.0 Å². The SMILES string of the molecule is Cc1cc(C)c2c(N)nc(NCCN3CC(C(F)(F)F)C3)nc2n1. The molecule has 130 valence electrons. The predicted molar refractivity (Wildman–Crippen MR) is 85.7 cm³/mol. The number of rotatable bonds is 4. The summed E-state index contributed by atoms with van der Waals surface area (Å²) in [7, 11) is 0. The fourth-order valence-electron chi connectivity index (χ4n) is 2.87. The van der Waals surface area contributed by atoms with Crippen LogP contribution < -0.4 is 11.1 Å². The smallest absolute Gasteiger partial charge is 0.383 e. The number of halogens is 3. The van der Waals surface area contributed by atoms with Crippen LogP contribution >= 0.6 is 0 Å². The van der Waals surface area contributed by atoms with Crippen molar-refractivity contribution in [2.75, 3.05) is 37.2 Å². The molecule has 0 saturated carbocycles. The highest BCUT2D eigenvalue weighted by atomic mass is 19.4. The minimum Gasteiger partial charge on any atom is -0.383 e. The number of nitrogen functional groups attached to an aromatic ring is 1. The van der Waals surface area contributed by atoms with Crippen molar-refractivity contribution >= 4 is 22.8 Å². The Morgan fingerprint density at radius 2 is 1.96 bits per heavy atom. The summed E-state index contributed by atoms with van der Waals surface area (Å²) in [6.45, 7) is 4.83. The van der Waals surface area contributed by atoms with Gasteiger partial charge in [0.1, 0.15) is 5.82 Å². The van der Waals surface area contributed by atoms with Gasteiger partial charge in [0, 0.05) is 31.9 Å². The van der Waals surface area contributed by atoms with Crippen LogP contribution in [0.5, 0.6) is 0 Å². The van der Waals surface area contributed by atoms with E-state index in [1.54, 1.807) is 4.90 Å². The van der Waals surface area contributed by atoms with Crippen LogP contribution in [-0.2, 0) is 0 Å². The number of alkyl halides is 3. The Morgan fingerprint density at radius 1 is 1.25 bits per heavy atom. The summed E-state index contributed by atoms with van der Waals surface area (Å²) >= 11 is 0. The van der Waals surface area contributed by atoms with Gasteiger partial charge in [-0.1, -0.05) is 0 Å². The van der Waals surface area contributed by atoms with Gasteiger partial charge in [0.25, 0.3) is 0 Å². The molecular formula is C15H19F3N6. The Bertz CT molecular complexity index is 755. The van der Waals surface area contributed by atoms with Crippen molar-refractivity contribution in [3.63, 3.8) is 0 Å². The summed E-state index contributed by atoms with van der Waals surface area (Å²) in [5.41, 5.74) is 8.29. The van der Waals surface area contributed by atoms with E-state index in [4.69, 9.17) is 5.73 Å². The molecule has 3 rings (SSSR count). The van der Waals surface area contributed by atoms with E-state index < -0.39 is 12.1 Å². The Morgan fingerprint density at radius 3 is 2.62 bits per heavy atom. The summed E-state index contributed by atoms with van der Waals surface area (Å²) in [5.74, 6) is -0.529. The molecule has 6 nitrogen and oxygen atoms in total. The first-order valence-corrected chi connectivity index (χ1v) is 7.68. The highest BCUT2D eigenvalue weighted by molar-refractivity contribution is 5.89. The first-order chi connectivity index (χ1) is 11.2. The van der Waals surface area contributed by atoms with Crippen LogP contribution in [0.25, 0.3) is 11.0 Å². The number of nitrogens with zero attached hydrogens (tertiary/aromatic N) is 4. The number of aryl methyl sites for hydroxylation is 2. The zero-order chi connectivity index (χ0) is 17.5. The van der Waals surface area contributed by atoms with E-state index in [0.717, 1.165) is 16.6 Å². The monoisotopic (exact) mass is 340 g/mol. The minimum absolute atomic E-state index is 0.0475. The van der Waals surface area contributed by atoms with Crippen LogP contribution in [0.4, 0.5) is 24.9 Å². The largest absolute Gasteiger partial charge is 0.394 e. The Labute approximate surface area is 137 Å². The molecule has 0 radical (unpaired) electrons. The molecule has 1 aliphatic heterocycles. The van der Waals surface area contributed by atoms with Gasteiger partial charge >= 0.3 is 6.18 Å². The maximum atomic E-state index is 12.4. The molecule has 1 aliphatic rings. The number of likely N-dealkylation sites (tertiary alicyclic amines) is 1. The number of nitrogens with two attached hydrogens (primary N) is 1. The lowest BCUT2D eigenvalue weighted by molar-refractivity contribution is -0.208. The zero-order valence-corrected chi connectivity index (χ0v) is 13.5. The van der Waals surface area contributed by atoms with Gasteiger partial charge in [0.15, 0.2) is 5.65 Å². The van der Waals surface area contributed by atoms with Crippen molar-refractivity contribution in [2.24, 2.45) is 5.92 Å². The van der Waals surface area contributed by atoms with Crippen LogP contribution in [0.2, 0.25) is 0 Å². The molecule has 1 fully saturated rings. The second-order valence-electron chi connectivity index (χ2n) is 6.14. The van der Waals surface area contributed by atoms with Crippen LogP contribution in [-0.4, -0.2) is 52.2 Å². The Kier molecular flexibility index (Phi) is 4.20. The van der Waals surface area contributed by atoms with Gasteiger partial charge in [0.05, 0.1) is 11.3 Å². The third-order valence-corrected chi connectivity index (χ3v) is 4.15. The van der Waals surface area contributed by atoms with Gasteiger partial charge in [-0.3, -0.25) is 0 Å². The number of aromatic nitrogens is 3.